The van der Waals surface area contributed by atoms with Gasteiger partial charge in [-0.2, -0.15) is 18.3 Å². The molecule has 0 aliphatic heterocycles. The molecule has 0 amide bonds. The number of rotatable bonds is 6. The minimum Gasteiger partial charge on any atom is -0.282 e. The molecule has 0 saturated carbocycles. The Morgan fingerprint density at radius 2 is 2.06 bits per heavy atom. The number of nitrogens with zero attached hydrogens (tertiary/aromatic N) is 1. The maximum absolute atomic E-state index is 12.7. The van der Waals surface area contributed by atoms with E-state index < -0.39 is 11.9 Å². The van der Waals surface area contributed by atoms with E-state index in [1.807, 2.05) is 0 Å². The van der Waals surface area contributed by atoms with Gasteiger partial charge in [-0.05, 0) is 19.3 Å². The van der Waals surface area contributed by atoms with Crippen LogP contribution in [0, 0.1) is 0 Å². The molecule has 2 nitrogen and oxygen atoms in total. The van der Waals surface area contributed by atoms with Gasteiger partial charge < -0.3 is 0 Å². The summed E-state index contributed by atoms with van der Waals surface area (Å²) in [5, 5.41) is 5.89. The highest BCUT2D eigenvalue weighted by Crippen LogP contribution is 2.32. The van der Waals surface area contributed by atoms with Crippen molar-refractivity contribution in [1.29, 1.82) is 0 Å². The Kier molecular flexibility index (Phi) is 4.78. The average Bonchev–Trinajstić information content (AvgIpc) is 2.62. The number of hydrogen-bond acceptors (Lipinski definition) is 1. The van der Waals surface area contributed by atoms with Gasteiger partial charge in [-0.3, -0.25) is 5.10 Å². The van der Waals surface area contributed by atoms with E-state index in [2.05, 4.69) is 23.7 Å². The van der Waals surface area contributed by atoms with Crippen LogP contribution in [0.1, 0.15) is 43.1 Å². The van der Waals surface area contributed by atoms with Crippen molar-refractivity contribution >= 4 is 0 Å². The van der Waals surface area contributed by atoms with E-state index in [4.69, 9.17) is 0 Å². The van der Waals surface area contributed by atoms with Crippen LogP contribution in [0.25, 0.3) is 0 Å². The van der Waals surface area contributed by atoms with Gasteiger partial charge in [0.25, 0.3) is 0 Å². The molecule has 17 heavy (non-hydrogen) atoms. The normalized spacial score (nSPS) is 11.8. The SMILES string of the molecule is C=CCc1c(C(F)(F)F)n[nH]c1CCCCC. The summed E-state index contributed by atoms with van der Waals surface area (Å²) in [6.45, 7) is 5.54. The molecular formula is C12H17F3N2. The van der Waals surface area contributed by atoms with Crippen LogP contribution in [-0.4, -0.2) is 10.2 Å². The first-order chi connectivity index (χ1) is 8.00. The summed E-state index contributed by atoms with van der Waals surface area (Å²) in [7, 11) is 0. The van der Waals surface area contributed by atoms with Crippen LogP contribution in [0.3, 0.4) is 0 Å². The number of unbranched alkanes of at least 4 members (excludes halogenated alkanes) is 2. The zero-order chi connectivity index (χ0) is 12.9. The first-order valence-electron chi connectivity index (χ1n) is 5.74. The molecule has 0 saturated heterocycles. The molecule has 0 radical (unpaired) electrons. The van der Waals surface area contributed by atoms with Crippen LogP contribution in [0.15, 0.2) is 12.7 Å². The standard InChI is InChI=1S/C12H17F3N2/c1-3-5-6-8-10-9(7-4-2)11(17-16-10)12(13,14)15/h4H,2-3,5-8H2,1H3,(H,16,17). The van der Waals surface area contributed by atoms with Gasteiger partial charge in [0.15, 0.2) is 5.69 Å². The smallest absolute Gasteiger partial charge is 0.282 e. The highest BCUT2D eigenvalue weighted by Gasteiger charge is 2.37. The Labute approximate surface area is 98.9 Å². The number of H-pyrrole nitrogens is 1. The van der Waals surface area contributed by atoms with Crippen LogP contribution >= 0.6 is 0 Å². The zero-order valence-corrected chi connectivity index (χ0v) is 9.90. The van der Waals surface area contributed by atoms with Crippen molar-refractivity contribution in [3.63, 3.8) is 0 Å². The number of aromatic amines is 1. The van der Waals surface area contributed by atoms with Crippen molar-refractivity contribution in [2.75, 3.05) is 0 Å². The Bertz CT molecular complexity index is 366. The number of alkyl halides is 3. The van der Waals surface area contributed by atoms with Gasteiger partial charge in [-0.15, -0.1) is 6.58 Å². The lowest BCUT2D eigenvalue weighted by Gasteiger charge is -2.06. The fraction of sp³-hybridized carbons (Fsp3) is 0.583. The Morgan fingerprint density at radius 3 is 2.59 bits per heavy atom. The lowest BCUT2D eigenvalue weighted by Crippen LogP contribution is -2.09. The van der Waals surface area contributed by atoms with Crippen LogP contribution < -0.4 is 0 Å². The van der Waals surface area contributed by atoms with E-state index in [1.54, 1.807) is 0 Å². The van der Waals surface area contributed by atoms with Crippen LogP contribution in [-0.2, 0) is 19.0 Å². The summed E-state index contributed by atoms with van der Waals surface area (Å²) in [5.41, 5.74) is 0.0261. The third-order valence-electron chi connectivity index (χ3n) is 2.60. The van der Waals surface area contributed by atoms with Gasteiger partial charge in [-0.25, -0.2) is 0 Å². The molecule has 0 spiro atoms. The van der Waals surface area contributed by atoms with Crippen molar-refractivity contribution in [3.8, 4) is 0 Å². The Hall–Kier alpha value is -1.26. The number of aryl methyl sites for hydroxylation is 1. The number of aromatic nitrogens is 2. The summed E-state index contributed by atoms with van der Waals surface area (Å²) in [6.07, 6.45) is 0.819. The molecule has 1 N–H and O–H groups in total. The number of nitrogens with one attached hydrogen (secondary N) is 1. The van der Waals surface area contributed by atoms with Crippen molar-refractivity contribution < 1.29 is 13.2 Å². The third kappa shape index (κ3) is 3.61. The van der Waals surface area contributed by atoms with Gasteiger partial charge >= 0.3 is 6.18 Å². The van der Waals surface area contributed by atoms with Crippen molar-refractivity contribution in [2.45, 2.75) is 45.2 Å². The quantitative estimate of drug-likeness (QED) is 0.598. The van der Waals surface area contributed by atoms with Crippen molar-refractivity contribution in [2.24, 2.45) is 0 Å². The molecule has 96 valence electrons. The van der Waals surface area contributed by atoms with Crippen LogP contribution in [0.5, 0.6) is 0 Å². The Balaban J connectivity index is 2.90. The fourth-order valence-corrected chi connectivity index (χ4v) is 1.76. The Morgan fingerprint density at radius 1 is 1.35 bits per heavy atom. The van der Waals surface area contributed by atoms with E-state index in [0.717, 1.165) is 19.3 Å². The monoisotopic (exact) mass is 246 g/mol. The largest absolute Gasteiger partial charge is 0.435 e. The molecule has 0 atom stereocenters. The third-order valence-corrected chi connectivity index (χ3v) is 2.60. The van der Waals surface area contributed by atoms with Crippen molar-refractivity contribution in [3.05, 3.63) is 29.6 Å². The maximum atomic E-state index is 12.7. The van der Waals surface area contributed by atoms with Crippen LogP contribution in [0.2, 0.25) is 0 Å². The van der Waals surface area contributed by atoms with Crippen LogP contribution in [0.4, 0.5) is 13.2 Å². The maximum Gasteiger partial charge on any atom is 0.435 e. The van der Waals surface area contributed by atoms with E-state index in [1.165, 1.54) is 6.08 Å². The second-order valence-electron chi connectivity index (χ2n) is 3.98. The molecule has 1 aromatic heterocycles. The molecular weight excluding hydrogens is 229 g/mol. The first-order valence-corrected chi connectivity index (χ1v) is 5.74. The minimum atomic E-state index is -4.39. The molecule has 0 aromatic carbocycles. The lowest BCUT2D eigenvalue weighted by molar-refractivity contribution is -0.141. The zero-order valence-electron chi connectivity index (χ0n) is 9.90. The average molecular weight is 246 g/mol. The molecule has 0 fully saturated rings. The molecule has 0 bridgehead atoms. The van der Waals surface area contributed by atoms with E-state index in [9.17, 15) is 13.2 Å². The van der Waals surface area contributed by atoms with Gasteiger partial charge in [0.1, 0.15) is 0 Å². The molecule has 0 aliphatic carbocycles. The summed E-state index contributed by atoms with van der Waals surface area (Å²) in [4.78, 5) is 0. The molecule has 0 unspecified atom stereocenters. The van der Waals surface area contributed by atoms with Crippen molar-refractivity contribution in [1.82, 2.24) is 10.2 Å². The predicted molar refractivity (Wildman–Crippen MR) is 60.7 cm³/mol. The molecule has 1 heterocycles. The second kappa shape index (κ2) is 5.89. The first kappa shape index (κ1) is 13.8. The van der Waals surface area contributed by atoms with E-state index in [0.29, 0.717) is 12.1 Å². The topological polar surface area (TPSA) is 28.7 Å². The van der Waals surface area contributed by atoms with Gasteiger partial charge in [-0.1, -0.05) is 25.8 Å². The summed E-state index contributed by atoms with van der Waals surface area (Å²) in [5.74, 6) is 0. The highest BCUT2D eigenvalue weighted by atomic mass is 19.4. The summed E-state index contributed by atoms with van der Waals surface area (Å²) < 4.78 is 38.0. The fourth-order valence-electron chi connectivity index (χ4n) is 1.76. The minimum absolute atomic E-state index is 0.201. The van der Waals surface area contributed by atoms with Gasteiger partial charge in [0.05, 0.1) is 0 Å². The molecule has 5 heteroatoms. The predicted octanol–water partition coefficient (Wildman–Crippen LogP) is 3.89. The van der Waals surface area contributed by atoms with E-state index in [-0.39, 0.29) is 12.0 Å². The number of hydrogen-bond donors (Lipinski definition) is 1. The molecule has 1 rings (SSSR count). The number of halogens is 3. The highest BCUT2D eigenvalue weighted by molar-refractivity contribution is 5.29. The van der Waals surface area contributed by atoms with Gasteiger partial charge in [0.2, 0.25) is 0 Å². The lowest BCUT2D eigenvalue weighted by atomic mass is 10.0. The van der Waals surface area contributed by atoms with E-state index >= 15 is 0 Å². The summed E-state index contributed by atoms with van der Waals surface area (Å²) in [6, 6.07) is 0. The number of allylic oxidation sites excluding steroid dienone is 1. The second-order valence-corrected chi connectivity index (χ2v) is 3.98. The van der Waals surface area contributed by atoms with Gasteiger partial charge in [0, 0.05) is 11.3 Å². The molecule has 0 aliphatic rings. The molecule has 1 aromatic rings. The summed E-state index contributed by atoms with van der Waals surface area (Å²) >= 11 is 0.